The van der Waals surface area contributed by atoms with Crippen molar-refractivity contribution in [3.05, 3.63) is 70.9 Å². The highest BCUT2D eigenvalue weighted by Gasteiger charge is 2.22. The summed E-state index contributed by atoms with van der Waals surface area (Å²) in [5, 5.41) is 0.511. The fourth-order valence-electron chi connectivity index (χ4n) is 2.82. The maximum absolute atomic E-state index is 12.6. The fraction of sp³-hybridized carbons (Fsp3) is 0.350. The minimum Gasteiger partial charge on any atom is -0.368 e. The van der Waals surface area contributed by atoms with Crippen LogP contribution >= 0.6 is 11.6 Å². The topological polar surface area (TPSA) is 49.6 Å². The van der Waals surface area contributed by atoms with Gasteiger partial charge in [-0.25, -0.2) is 0 Å². The molecule has 0 spiro atoms. The van der Waals surface area contributed by atoms with Crippen molar-refractivity contribution < 1.29 is 4.79 Å². The van der Waals surface area contributed by atoms with Gasteiger partial charge in [0.1, 0.15) is 0 Å². The van der Waals surface area contributed by atoms with Crippen LogP contribution in [0.4, 0.5) is 0 Å². The minimum atomic E-state index is 0.0777. The van der Waals surface area contributed by atoms with Crippen molar-refractivity contribution in [3.8, 4) is 0 Å². The highest BCUT2D eigenvalue weighted by molar-refractivity contribution is 6.30. The van der Waals surface area contributed by atoms with E-state index in [-0.39, 0.29) is 5.91 Å². The van der Waals surface area contributed by atoms with Gasteiger partial charge in [0.15, 0.2) is 0 Å². The molecule has 0 radical (unpaired) electrons. The van der Waals surface area contributed by atoms with E-state index >= 15 is 0 Å². The number of piperazine rings is 1. The molecule has 5 heteroatoms. The lowest BCUT2D eigenvalue weighted by molar-refractivity contribution is 0.0672. The van der Waals surface area contributed by atoms with Gasteiger partial charge in [-0.2, -0.15) is 0 Å². The molecule has 0 unspecified atom stereocenters. The van der Waals surface area contributed by atoms with Crippen LogP contribution in [0.25, 0.3) is 0 Å². The van der Waals surface area contributed by atoms with Gasteiger partial charge in [-0.05, 0) is 36.3 Å². The number of carbonyl (C=O) groups is 1. The van der Waals surface area contributed by atoms with E-state index in [0.717, 1.165) is 30.8 Å². The summed E-state index contributed by atoms with van der Waals surface area (Å²) in [5.41, 5.74) is 8.48. The van der Waals surface area contributed by atoms with E-state index in [2.05, 4.69) is 24.5 Å². The normalized spacial score (nSPS) is 15.7. The molecule has 1 aromatic carbocycles. The molecule has 1 heterocycles. The average Bonchev–Trinajstić information content (AvgIpc) is 2.64. The third kappa shape index (κ3) is 5.48. The molecule has 0 aliphatic carbocycles. The van der Waals surface area contributed by atoms with Gasteiger partial charge in [-0.15, -0.1) is 0 Å². The highest BCUT2D eigenvalue weighted by Crippen LogP contribution is 2.16. The van der Waals surface area contributed by atoms with Crippen LogP contribution < -0.4 is 5.73 Å². The smallest absolute Gasteiger partial charge is 0.253 e. The Morgan fingerprint density at radius 3 is 2.28 bits per heavy atom. The van der Waals surface area contributed by atoms with Crippen LogP contribution in [-0.2, 0) is 6.54 Å². The Bertz CT molecular complexity index is 656. The lowest BCUT2D eigenvalue weighted by atomic mass is 10.1. The van der Waals surface area contributed by atoms with Crippen molar-refractivity contribution >= 4 is 17.5 Å². The Hall–Kier alpha value is -2.04. The van der Waals surface area contributed by atoms with Gasteiger partial charge in [-0.3, -0.25) is 4.79 Å². The van der Waals surface area contributed by atoms with Crippen molar-refractivity contribution in [1.29, 1.82) is 0 Å². The first-order valence-corrected chi connectivity index (χ1v) is 8.98. The molecule has 1 fully saturated rings. The Balaban J connectivity index is 1.98. The van der Waals surface area contributed by atoms with Crippen molar-refractivity contribution in [1.82, 2.24) is 9.80 Å². The van der Waals surface area contributed by atoms with E-state index in [1.165, 1.54) is 0 Å². The molecule has 0 bridgehead atoms. The van der Waals surface area contributed by atoms with E-state index in [0.29, 0.717) is 30.2 Å². The summed E-state index contributed by atoms with van der Waals surface area (Å²) in [4.78, 5) is 16.8. The third-order valence-electron chi connectivity index (χ3n) is 4.22. The van der Waals surface area contributed by atoms with Crippen LogP contribution in [0.5, 0.6) is 0 Å². The van der Waals surface area contributed by atoms with Gasteiger partial charge in [0, 0.05) is 49.0 Å². The maximum Gasteiger partial charge on any atom is 0.253 e. The number of amides is 1. The average molecular weight is 360 g/mol. The lowest BCUT2D eigenvalue weighted by Crippen LogP contribution is -2.48. The summed E-state index contributed by atoms with van der Waals surface area (Å²) >= 11 is 5.83. The Labute approximate surface area is 155 Å². The van der Waals surface area contributed by atoms with Gasteiger partial charge in [0.05, 0.1) is 0 Å². The number of allylic oxidation sites excluding steroid dienone is 4. The molecule has 2 rings (SSSR count). The second-order valence-corrected chi connectivity index (χ2v) is 6.48. The molecule has 1 aliphatic rings. The van der Waals surface area contributed by atoms with Crippen LogP contribution in [0.15, 0.2) is 59.8 Å². The van der Waals surface area contributed by atoms with Gasteiger partial charge >= 0.3 is 0 Å². The number of nitrogens with two attached hydrogens (primary N) is 1. The number of hydrogen-bond donors (Lipinski definition) is 1. The number of benzene rings is 1. The van der Waals surface area contributed by atoms with Crippen LogP contribution in [0, 0.1) is 0 Å². The van der Waals surface area contributed by atoms with Crippen LogP contribution in [0.2, 0.25) is 0 Å². The predicted molar refractivity (Wildman–Crippen MR) is 104 cm³/mol. The first-order valence-electron chi connectivity index (χ1n) is 8.61. The number of carbonyl (C=O) groups excluding carboxylic acids is 1. The van der Waals surface area contributed by atoms with Gasteiger partial charge in [-0.1, -0.05) is 43.3 Å². The summed E-state index contributed by atoms with van der Waals surface area (Å²) in [5.74, 6) is 0.0777. The zero-order valence-corrected chi connectivity index (χ0v) is 15.5. The molecule has 1 saturated heterocycles. The Morgan fingerprint density at radius 2 is 1.76 bits per heavy atom. The predicted octanol–water partition coefficient (Wildman–Crippen LogP) is 3.51. The summed E-state index contributed by atoms with van der Waals surface area (Å²) in [7, 11) is 0. The number of nitrogens with zero attached hydrogens (tertiary/aromatic N) is 2. The lowest BCUT2D eigenvalue weighted by Gasteiger charge is -2.36. The van der Waals surface area contributed by atoms with Crippen LogP contribution in [0.3, 0.4) is 0 Å². The van der Waals surface area contributed by atoms with E-state index in [1.54, 1.807) is 6.08 Å². The van der Waals surface area contributed by atoms with E-state index in [9.17, 15) is 4.79 Å². The van der Waals surface area contributed by atoms with E-state index < -0.39 is 0 Å². The summed E-state index contributed by atoms with van der Waals surface area (Å²) < 4.78 is 0. The zero-order valence-electron chi connectivity index (χ0n) is 14.7. The Kier molecular flexibility index (Phi) is 7.29. The van der Waals surface area contributed by atoms with Crippen molar-refractivity contribution in [2.24, 2.45) is 5.73 Å². The van der Waals surface area contributed by atoms with Crippen molar-refractivity contribution in [2.45, 2.75) is 19.9 Å². The molecule has 1 aliphatic heterocycles. The zero-order chi connectivity index (χ0) is 18.2. The molecule has 4 nitrogen and oxygen atoms in total. The van der Waals surface area contributed by atoms with Gasteiger partial charge < -0.3 is 15.5 Å². The minimum absolute atomic E-state index is 0.0777. The SMILES string of the molecule is C=C(Cl)/C=C\C(=C/CC)N1CCN(C(=O)c2ccc(CN)cc2)CC1. The van der Waals surface area contributed by atoms with Gasteiger partial charge in [0.25, 0.3) is 5.91 Å². The maximum atomic E-state index is 12.6. The monoisotopic (exact) mass is 359 g/mol. The van der Waals surface area contributed by atoms with Crippen molar-refractivity contribution in [2.75, 3.05) is 26.2 Å². The molecule has 1 amide bonds. The van der Waals surface area contributed by atoms with Gasteiger partial charge in [0.2, 0.25) is 0 Å². The summed E-state index contributed by atoms with van der Waals surface area (Å²) in [6, 6.07) is 7.53. The first-order chi connectivity index (χ1) is 12.0. The summed E-state index contributed by atoms with van der Waals surface area (Å²) in [6.07, 6.45) is 6.90. The standard InChI is InChI=1S/C20H26ClN3O/c1-3-4-19(10-5-16(2)21)23-11-13-24(14-12-23)20(25)18-8-6-17(15-22)7-9-18/h4-10H,2-3,11-15,22H2,1H3/b10-5-,19-4+. The second-order valence-electron chi connectivity index (χ2n) is 6.00. The summed E-state index contributed by atoms with van der Waals surface area (Å²) in [6.45, 7) is 9.29. The number of halogens is 1. The molecular weight excluding hydrogens is 334 g/mol. The van der Waals surface area contributed by atoms with Crippen LogP contribution in [-0.4, -0.2) is 41.9 Å². The molecule has 134 valence electrons. The molecule has 0 atom stereocenters. The van der Waals surface area contributed by atoms with E-state index in [4.69, 9.17) is 17.3 Å². The molecule has 0 aromatic heterocycles. The second kappa shape index (κ2) is 9.44. The largest absolute Gasteiger partial charge is 0.368 e. The fourth-order valence-corrected chi connectivity index (χ4v) is 2.88. The molecule has 1 aromatic rings. The van der Waals surface area contributed by atoms with E-state index in [1.807, 2.05) is 35.2 Å². The van der Waals surface area contributed by atoms with Crippen molar-refractivity contribution in [3.63, 3.8) is 0 Å². The molecule has 25 heavy (non-hydrogen) atoms. The van der Waals surface area contributed by atoms with Crippen LogP contribution in [0.1, 0.15) is 29.3 Å². The highest BCUT2D eigenvalue weighted by atomic mass is 35.5. The number of hydrogen-bond acceptors (Lipinski definition) is 3. The third-order valence-corrected chi connectivity index (χ3v) is 4.34. The Morgan fingerprint density at radius 1 is 1.16 bits per heavy atom. The molecule has 2 N–H and O–H groups in total. The molecular formula is C20H26ClN3O. The number of rotatable bonds is 6. The molecule has 0 saturated carbocycles. The first kappa shape index (κ1) is 19.3. The quantitative estimate of drug-likeness (QED) is 0.791.